The maximum atomic E-state index is 13.4. The summed E-state index contributed by atoms with van der Waals surface area (Å²) in [4.78, 5) is 14.1. The number of halogens is 1. The molecule has 0 radical (unpaired) electrons. The van der Waals surface area contributed by atoms with Crippen LogP contribution in [0.1, 0.15) is 0 Å². The number of benzene rings is 1. The molecule has 2 aliphatic rings. The van der Waals surface area contributed by atoms with Crippen LogP contribution in [0.4, 0.5) is 4.39 Å². The van der Waals surface area contributed by atoms with Crippen LogP contribution in [0.2, 0.25) is 0 Å². The summed E-state index contributed by atoms with van der Waals surface area (Å²) in [6.07, 6.45) is 0. The molecule has 2 heterocycles. The Labute approximate surface area is 138 Å². The Kier molecular flexibility index (Phi) is 4.90. The number of morpholine rings is 1. The Hall–Kier alpha value is -1.16. The molecule has 1 amide bonds. The van der Waals surface area contributed by atoms with Gasteiger partial charge in [0.05, 0.1) is 24.0 Å². The lowest BCUT2D eigenvalue weighted by atomic mass is 10.2. The van der Waals surface area contributed by atoms with Gasteiger partial charge < -0.3 is 9.64 Å². The van der Waals surface area contributed by atoms with Crippen molar-refractivity contribution in [2.45, 2.75) is 10.9 Å². The first kappa shape index (κ1) is 16.7. The Morgan fingerprint density at radius 3 is 2.74 bits per heavy atom. The minimum absolute atomic E-state index is 0.125. The van der Waals surface area contributed by atoms with Crippen LogP contribution in [0.5, 0.6) is 0 Å². The summed E-state index contributed by atoms with van der Waals surface area (Å²) in [5, 5.41) is 0. The van der Waals surface area contributed by atoms with E-state index >= 15 is 0 Å². The highest BCUT2D eigenvalue weighted by Crippen LogP contribution is 2.29. The van der Waals surface area contributed by atoms with E-state index in [0.717, 1.165) is 6.07 Å². The van der Waals surface area contributed by atoms with Crippen LogP contribution >= 0.6 is 11.8 Å². The fourth-order valence-electron chi connectivity index (χ4n) is 2.62. The van der Waals surface area contributed by atoms with Crippen molar-refractivity contribution in [3.05, 3.63) is 30.1 Å². The summed E-state index contributed by atoms with van der Waals surface area (Å²) in [6.45, 7) is 1.85. The van der Waals surface area contributed by atoms with E-state index < -0.39 is 21.9 Å². The third-order valence-electron chi connectivity index (χ3n) is 3.85. The van der Waals surface area contributed by atoms with Crippen molar-refractivity contribution in [3.8, 4) is 0 Å². The topological polar surface area (TPSA) is 66.9 Å². The highest BCUT2D eigenvalue weighted by atomic mass is 32.2. The number of nitrogens with zero attached hydrogens (tertiary/aromatic N) is 2. The van der Waals surface area contributed by atoms with E-state index in [9.17, 15) is 17.6 Å². The van der Waals surface area contributed by atoms with Crippen LogP contribution in [0.15, 0.2) is 29.2 Å². The van der Waals surface area contributed by atoms with Crippen LogP contribution < -0.4 is 0 Å². The van der Waals surface area contributed by atoms with Gasteiger partial charge in [-0.15, -0.1) is 11.8 Å². The number of thioether (sulfide) groups is 1. The summed E-state index contributed by atoms with van der Waals surface area (Å²) < 4.78 is 45.2. The lowest BCUT2D eigenvalue weighted by molar-refractivity contribution is -0.138. The Balaban J connectivity index is 1.84. The quantitative estimate of drug-likeness (QED) is 0.796. The van der Waals surface area contributed by atoms with Crippen molar-refractivity contribution < 1.29 is 22.3 Å². The number of hydrogen-bond donors (Lipinski definition) is 0. The minimum atomic E-state index is -3.90. The molecule has 9 heteroatoms. The van der Waals surface area contributed by atoms with Gasteiger partial charge in [-0.25, -0.2) is 12.8 Å². The Morgan fingerprint density at radius 2 is 2.04 bits per heavy atom. The van der Waals surface area contributed by atoms with Gasteiger partial charge in [0.2, 0.25) is 15.9 Å². The van der Waals surface area contributed by atoms with E-state index in [4.69, 9.17) is 4.74 Å². The highest BCUT2D eigenvalue weighted by molar-refractivity contribution is 8.00. The van der Waals surface area contributed by atoms with Crippen molar-refractivity contribution in [2.24, 2.45) is 0 Å². The normalized spacial score (nSPS) is 23.2. The number of carbonyl (C=O) groups is 1. The highest BCUT2D eigenvalue weighted by Gasteiger charge is 2.42. The van der Waals surface area contributed by atoms with Gasteiger partial charge in [-0.3, -0.25) is 4.79 Å². The standard InChI is InChI=1S/C14H17FN2O4S2/c15-11-2-1-3-12(8-11)23(19,20)17-10-22-9-13(17)14(18)16-4-6-21-7-5-16/h1-3,8,13H,4-7,9-10H2/t13-/m0/s1. The molecule has 2 saturated heterocycles. The van der Waals surface area contributed by atoms with Gasteiger partial charge in [-0.2, -0.15) is 4.31 Å². The third kappa shape index (κ3) is 3.37. The van der Waals surface area contributed by atoms with Gasteiger partial charge in [0.1, 0.15) is 11.9 Å². The molecule has 0 unspecified atom stereocenters. The monoisotopic (exact) mass is 360 g/mol. The van der Waals surface area contributed by atoms with Gasteiger partial charge in [0.15, 0.2) is 0 Å². The van der Waals surface area contributed by atoms with Crippen molar-refractivity contribution in [2.75, 3.05) is 37.9 Å². The third-order valence-corrected chi connectivity index (χ3v) is 6.88. The molecule has 126 valence electrons. The molecule has 6 nitrogen and oxygen atoms in total. The van der Waals surface area contributed by atoms with Gasteiger partial charge in [0, 0.05) is 18.8 Å². The Bertz CT molecular complexity index is 692. The second-order valence-electron chi connectivity index (χ2n) is 5.30. The van der Waals surface area contributed by atoms with Crippen molar-refractivity contribution in [3.63, 3.8) is 0 Å². The number of sulfonamides is 1. The van der Waals surface area contributed by atoms with Crippen molar-refractivity contribution in [1.82, 2.24) is 9.21 Å². The van der Waals surface area contributed by atoms with Gasteiger partial charge >= 0.3 is 0 Å². The van der Waals surface area contributed by atoms with Crippen molar-refractivity contribution in [1.29, 1.82) is 0 Å². The number of hydrogen-bond acceptors (Lipinski definition) is 5. The molecule has 0 bridgehead atoms. The van der Waals surface area contributed by atoms with Gasteiger partial charge in [-0.1, -0.05) is 6.07 Å². The zero-order valence-corrected chi connectivity index (χ0v) is 14.0. The van der Waals surface area contributed by atoms with E-state index in [0.29, 0.717) is 32.1 Å². The molecule has 1 atom stereocenters. The second kappa shape index (κ2) is 6.76. The van der Waals surface area contributed by atoms with E-state index in [1.54, 1.807) is 4.90 Å². The van der Waals surface area contributed by atoms with E-state index in [-0.39, 0.29) is 16.7 Å². The van der Waals surface area contributed by atoms with Gasteiger partial charge in [0.25, 0.3) is 0 Å². The predicted octanol–water partition coefficient (Wildman–Crippen LogP) is 0.748. The molecule has 23 heavy (non-hydrogen) atoms. The van der Waals surface area contributed by atoms with Crippen LogP contribution in [0, 0.1) is 5.82 Å². The number of carbonyl (C=O) groups excluding carboxylic acids is 1. The minimum Gasteiger partial charge on any atom is -0.378 e. The number of ether oxygens (including phenoxy) is 1. The first-order valence-corrected chi connectivity index (χ1v) is 9.81. The molecule has 3 rings (SSSR count). The van der Waals surface area contributed by atoms with Crippen LogP contribution in [-0.4, -0.2) is 67.5 Å². The first-order chi connectivity index (χ1) is 11.0. The van der Waals surface area contributed by atoms with Gasteiger partial charge in [-0.05, 0) is 18.2 Å². The predicted molar refractivity (Wildman–Crippen MR) is 83.9 cm³/mol. The fourth-order valence-corrected chi connectivity index (χ4v) is 5.78. The average molecular weight is 360 g/mol. The average Bonchev–Trinajstić information content (AvgIpc) is 3.05. The molecule has 2 fully saturated rings. The Morgan fingerprint density at radius 1 is 1.30 bits per heavy atom. The number of amides is 1. The first-order valence-electron chi connectivity index (χ1n) is 7.22. The lowest BCUT2D eigenvalue weighted by Gasteiger charge is -2.31. The fraction of sp³-hybridized carbons (Fsp3) is 0.500. The number of rotatable bonds is 3. The molecular formula is C14H17FN2O4S2. The molecule has 0 spiro atoms. The van der Waals surface area contributed by atoms with Crippen LogP contribution in [0.25, 0.3) is 0 Å². The van der Waals surface area contributed by atoms with Crippen LogP contribution in [-0.2, 0) is 19.6 Å². The summed E-state index contributed by atoms with van der Waals surface area (Å²) in [6, 6.07) is 4.12. The van der Waals surface area contributed by atoms with E-state index in [1.165, 1.54) is 34.3 Å². The molecule has 1 aromatic carbocycles. The summed E-state index contributed by atoms with van der Waals surface area (Å²) in [7, 11) is -3.90. The van der Waals surface area contributed by atoms with Crippen molar-refractivity contribution >= 4 is 27.7 Å². The molecule has 0 aliphatic carbocycles. The molecule has 0 N–H and O–H groups in total. The molecule has 0 aromatic heterocycles. The maximum absolute atomic E-state index is 13.4. The molecule has 1 aromatic rings. The zero-order chi connectivity index (χ0) is 16.4. The largest absolute Gasteiger partial charge is 0.378 e. The molecular weight excluding hydrogens is 343 g/mol. The summed E-state index contributed by atoms with van der Waals surface area (Å²) in [5.74, 6) is -0.225. The summed E-state index contributed by atoms with van der Waals surface area (Å²) >= 11 is 1.38. The van der Waals surface area contributed by atoms with Crippen LogP contribution in [0.3, 0.4) is 0 Å². The molecule has 2 aliphatic heterocycles. The van der Waals surface area contributed by atoms with E-state index in [1.807, 2.05) is 0 Å². The summed E-state index contributed by atoms with van der Waals surface area (Å²) in [5.41, 5.74) is 0. The van der Waals surface area contributed by atoms with E-state index in [2.05, 4.69) is 0 Å². The SMILES string of the molecule is O=C([C@@H]1CSCN1S(=O)(=O)c1cccc(F)c1)N1CCOCC1. The lowest BCUT2D eigenvalue weighted by Crippen LogP contribution is -2.51. The zero-order valence-electron chi connectivity index (χ0n) is 12.4. The second-order valence-corrected chi connectivity index (χ2v) is 8.19. The molecule has 0 saturated carbocycles. The maximum Gasteiger partial charge on any atom is 0.244 e. The smallest absolute Gasteiger partial charge is 0.244 e.